The molecule has 0 radical (unpaired) electrons. The molecule has 1 aliphatic rings. The van der Waals surface area contributed by atoms with E-state index in [1.165, 1.54) is 0 Å². The number of carbonyl (C=O) groups is 1. The fourth-order valence-corrected chi connectivity index (χ4v) is 3.24. The molecule has 1 atom stereocenters. The molecule has 0 unspecified atom stereocenters. The van der Waals surface area contributed by atoms with Gasteiger partial charge in [0.25, 0.3) is 5.91 Å². The van der Waals surface area contributed by atoms with Crippen molar-refractivity contribution in [3.63, 3.8) is 0 Å². The highest BCUT2D eigenvalue weighted by Gasteiger charge is 2.23. The van der Waals surface area contributed by atoms with Gasteiger partial charge < -0.3 is 15.0 Å². The number of nitrogens with zero attached hydrogens (tertiary/aromatic N) is 3. The lowest BCUT2D eigenvalue weighted by atomic mass is 10.1. The third kappa shape index (κ3) is 3.17. The summed E-state index contributed by atoms with van der Waals surface area (Å²) < 4.78 is 7.43. The lowest BCUT2D eigenvalue weighted by molar-refractivity contribution is 0.0906. The summed E-state index contributed by atoms with van der Waals surface area (Å²) in [4.78, 5) is 19.5. The summed E-state index contributed by atoms with van der Waals surface area (Å²) in [6.45, 7) is 6.36. The number of carbonyl (C=O) groups excluding carboxylic acids is 1. The molecule has 1 aliphatic heterocycles. The van der Waals surface area contributed by atoms with Gasteiger partial charge >= 0.3 is 0 Å². The summed E-state index contributed by atoms with van der Waals surface area (Å²) in [5.41, 5.74) is 2.01. The van der Waals surface area contributed by atoms with E-state index in [4.69, 9.17) is 4.74 Å². The molecule has 0 bridgehead atoms. The van der Waals surface area contributed by atoms with Crippen LogP contribution in [0.4, 0.5) is 0 Å². The Bertz CT molecular complexity index is 710. The zero-order chi connectivity index (χ0) is 16.4. The first kappa shape index (κ1) is 15.8. The Morgan fingerprint density at radius 2 is 2.35 bits per heavy atom. The molecule has 0 aromatic carbocycles. The predicted octanol–water partition coefficient (Wildman–Crippen LogP) is 1.87. The minimum absolute atomic E-state index is 0.0658. The lowest BCUT2D eigenvalue weighted by Gasteiger charge is -2.30. The van der Waals surface area contributed by atoms with Gasteiger partial charge in [-0.25, -0.2) is 4.98 Å². The lowest BCUT2D eigenvalue weighted by Crippen LogP contribution is -2.46. The van der Waals surface area contributed by atoms with Crippen LogP contribution in [-0.2, 0) is 0 Å². The first-order valence-corrected chi connectivity index (χ1v) is 8.20. The van der Waals surface area contributed by atoms with Crippen LogP contribution < -0.4 is 10.1 Å². The Kier molecular flexibility index (Phi) is 4.52. The summed E-state index contributed by atoms with van der Waals surface area (Å²) in [6, 6.07) is 3.95. The highest BCUT2D eigenvalue weighted by molar-refractivity contribution is 5.95. The van der Waals surface area contributed by atoms with Crippen molar-refractivity contribution in [3.8, 4) is 5.75 Å². The van der Waals surface area contributed by atoms with Crippen molar-refractivity contribution in [2.75, 3.05) is 26.7 Å². The molecule has 1 amide bonds. The number of fused-ring (bicyclic) bond motifs is 1. The average Bonchev–Trinajstić information content (AvgIpc) is 2.84. The number of hydrogen-bond acceptors (Lipinski definition) is 4. The van der Waals surface area contributed by atoms with Gasteiger partial charge in [0.1, 0.15) is 5.69 Å². The number of ether oxygens (including phenoxy) is 1. The Balaban J connectivity index is 1.88. The van der Waals surface area contributed by atoms with Gasteiger partial charge in [0.05, 0.1) is 12.3 Å². The molecule has 23 heavy (non-hydrogen) atoms. The smallest absolute Gasteiger partial charge is 0.270 e. The summed E-state index contributed by atoms with van der Waals surface area (Å²) in [5, 5.41) is 3.15. The largest absolute Gasteiger partial charge is 0.490 e. The van der Waals surface area contributed by atoms with Crippen LogP contribution in [-0.4, -0.2) is 53.0 Å². The monoisotopic (exact) mass is 316 g/mol. The van der Waals surface area contributed by atoms with Gasteiger partial charge in [0.2, 0.25) is 0 Å². The molecule has 6 nitrogen and oxygen atoms in total. The number of pyridine rings is 1. The molecule has 2 aromatic rings. The second kappa shape index (κ2) is 6.58. The SMILES string of the molecule is CCOc1cccn2c(C(=O)N[C@@H]3CCCN(C)C3)c(C)nc12. The first-order chi connectivity index (χ1) is 11.1. The van der Waals surface area contributed by atoms with Crippen molar-refractivity contribution in [1.82, 2.24) is 19.6 Å². The van der Waals surface area contributed by atoms with E-state index in [0.717, 1.165) is 31.6 Å². The normalized spacial score (nSPS) is 19.0. The Morgan fingerprint density at radius 3 is 3.09 bits per heavy atom. The van der Waals surface area contributed by atoms with Crippen molar-refractivity contribution in [2.24, 2.45) is 0 Å². The maximum Gasteiger partial charge on any atom is 0.270 e. The molecule has 3 rings (SSSR count). The number of rotatable bonds is 4. The van der Waals surface area contributed by atoms with Crippen LogP contribution in [0.5, 0.6) is 5.75 Å². The van der Waals surface area contributed by atoms with E-state index in [0.29, 0.717) is 23.7 Å². The van der Waals surface area contributed by atoms with Crippen LogP contribution in [0.15, 0.2) is 18.3 Å². The summed E-state index contributed by atoms with van der Waals surface area (Å²) in [6.07, 6.45) is 4.00. The van der Waals surface area contributed by atoms with Crippen molar-refractivity contribution in [3.05, 3.63) is 29.7 Å². The molecule has 0 spiro atoms. The zero-order valence-electron chi connectivity index (χ0n) is 14.0. The van der Waals surface area contributed by atoms with Crippen LogP contribution in [0, 0.1) is 6.92 Å². The van der Waals surface area contributed by atoms with Gasteiger partial charge in [-0.3, -0.25) is 9.20 Å². The van der Waals surface area contributed by atoms with Gasteiger partial charge in [-0.15, -0.1) is 0 Å². The molecule has 1 saturated heterocycles. The minimum Gasteiger partial charge on any atom is -0.490 e. The molecule has 6 heteroatoms. The van der Waals surface area contributed by atoms with E-state index in [1.54, 1.807) is 0 Å². The fraction of sp³-hybridized carbons (Fsp3) is 0.529. The van der Waals surface area contributed by atoms with E-state index < -0.39 is 0 Å². The van der Waals surface area contributed by atoms with Crippen molar-refractivity contribution < 1.29 is 9.53 Å². The second-order valence-corrected chi connectivity index (χ2v) is 6.12. The van der Waals surface area contributed by atoms with Gasteiger partial charge in [-0.05, 0) is 52.4 Å². The van der Waals surface area contributed by atoms with Crippen molar-refractivity contribution >= 4 is 11.6 Å². The topological polar surface area (TPSA) is 58.9 Å². The Morgan fingerprint density at radius 1 is 1.52 bits per heavy atom. The van der Waals surface area contributed by atoms with Crippen LogP contribution >= 0.6 is 0 Å². The number of nitrogens with one attached hydrogen (secondary N) is 1. The predicted molar refractivity (Wildman–Crippen MR) is 89.1 cm³/mol. The molecular formula is C17H24N4O2. The Hall–Kier alpha value is -2.08. The zero-order valence-corrected chi connectivity index (χ0v) is 14.0. The van der Waals surface area contributed by atoms with Gasteiger partial charge in [0, 0.05) is 18.8 Å². The number of amides is 1. The van der Waals surface area contributed by atoms with Gasteiger partial charge in [-0.1, -0.05) is 0 Å². The number of piperidine rings is 1. The number of hydrogen-bond donors (Lipinski definition) is 1. The molecule has 124 valence electrons. The van der Waals surface area contributed by atoms with E-state index in [9.17, 15) is 4.79 Å². The standard InChI is InChI=1S/C17H24N4O2/c1-4-23-14-8-6-10-21-15(12(2)18-16(14)21)17(22)19-13-7-5-9-20(3)11-13/h6,8,10,13H,4-5,7,9,11H2,1-3H3,(H,19,22)/t13-/m1/s1. The molecule has 0 aliphatic carbocycles. The molecule has 3 heterocycles. The van der Waals surface area contributed by atoms with E-state index >= 15 is 0 Å². The fourth-order valence-electron chi connectivity index (χ4n) is 3.24. The third-order valence-corrected chi connectivity index (χ3v) is 4.26. The van der Waals surface area contributed by atoms with Crippen LogP contribution in [0.25, 0.3) is 5.65 Å². The van der Waals surface area contributed by atoms with Crippen LogP contribution in [0.1, 0.15) is 35.9 Å². The molecular weight excluding hydrogens is 292 g/mol. The average molecular weight is 316 g/mol. The van der Waals surface area contributed by atoms with E-state index in [-0.39, 0.29) is 11.9 Å². The van der Waals surface area contributed by atoms with Crippen molar-refractivity contribution in [2.45, 2.75) is 32.7 Å². The number of likely N-dealkylation sites (N-methyl/N-ethyl adjacent to an activating group) is 1. The van der Waals surface area contributed by atoms with Gasteiger partial charge in [-0.2, -0.15) is 0 Å². The van der Waals surface area contributed by atoms with E-state index in [2.05, 4.69) is 22.2 Å². The molecule has 2 aromatic heterocycles. The van der Waals surface area contributed by atoms with Crippen LogP contribution in [0.3, 0.4) is 0 Å². The summed E-state index contributed by atoms with van der Waals surface area (Å²) in [7, 11) is 2.09. The number of likely N-dealkylation sites (tertiary alicyclic amines) is 1. The quantitative estimate of drug-likeness (QED) is 0.935. The molecule has 1 N–H and O–H groups in total. The maximum absolute atomic E-state index is 12.8. The molecule has 1 fully saturated rings. The first-order valence-electron chi connectivity index (χ1n) is 8.20. The molecule has 0 saturated carbocycles. The maximum atomic E-state index is 12.8. The third-order valence-electron chi connectivity index (χ3n) is 4.26. The van der Waals surface area contributed by atoms with Gasteiger partial charge in [0.15, 0.2) is 11.4 Å². The highest BCUT2D eigenvalue weighted by Crippen LogP contribution is 2.22. The summed E-state index contributed by atoms with van der Waals surface area (Å²) in [5.74, 6) is 0.637. The van der Waals surface area contributed by atoms with Crippen molar-refractivity contribution in [1.29, 1.82) is 0 Å². The number of aryl methyl sites for hydroxylation is 1. The highest BCUT2D eigenvalue weighted by atomic mass is 16.5. The van der Waals surface area contributed by atoms with Crippen LogP contribution in [0.2, 0.25) is 0 Å². The number of aromatic nitrogens is 2. The Labute approximate surface area is 136 Å². The number of imidazole rings is 1. The van der Waals surface area contributed by atoms with E-state index in [1.807, 2.05) is 36.6 Å². The summed E-state index contributed by atoms with van der Waals surface area (Å²) >= 11 is 0. The minimum atomic E-state index is -0.0658. The second-order valence-electron chi connectivity index (χ2n) is 6.12.